The zero-order valence-corrected chi connectivity index (χ0v) is 27.2. The largest absolute Gasteiger partial charge is 0.485 e. The van der Waals surface area contributed by atoms with Gasteiger partial charge in [0.25, 0.3) is 0 Å². The zero-order valence-electron chi connectivity index (χ0n) is 27.2. The topological polar surface area (TPSA) is 96.9 Å². The molecule has 2 aromatic heterocycles. The van der Waals surface area contributed by atoms with E-state index in [0.29, 0.717) is 23.5 Å². The monoisotopic (exact) mass is 660 g/mol. The third kappa shape index (κ3) is 6.13. The predicted octanol–water partition coefficient (Wildman–Crippen LogP) is 7.79. The van der Waals surface area contributed by atoms with E-state index in [1.165, 1.54) is 18.2 Å². The lowest BCUT2D eigenvalue weighted by Crippen LogP contribution is -2.44. The lowest BCUT2D eigenvalue weighted by atomic mass is 9.86. The Balaban J connectivity index is 1.06. The number of carbonyl (C=O) groups is 2. The van der Waals surface area contributed by atoms with Gasteiger partial charge in [-0.25, -0.2) is 18.6 Å². The number of fused-ring (bicyclic) bond motifs is 4. The summed E-state index contributed by atoms with van der Waals surface area (Å²) in [7, 11) is 0. The molecular weight excluding hydrogens is 626 g/mol. The summed E-state index contributed by atoms with van der Waals surface area (Å²) in [4.78, 5) is 33.5. The number of ketones is 1. The van der Waals surface area contributed by atoms with Crippen molar-refractivity contribution < 1.29 is 27.8 Å². The number of rotatable bonds is 8. The molecule has 0 saturated carbocycles. The van der Waals surface area contributed by atoms with E-state index in [9.17, 15) is 23.6 Å². The summed E-state index contributed by atoms with van der Waals surface area (Å²) in [5, 5.41) is 9.87. The minimum atomic E-state index is -0.714. The fraction of sp³-hybridized carbons (Fsp3) is 0.282. The number of pyridine rings is 1. The summed E-state index contributed by atoms with van der Waals surface area (Å²) in [6.45, 7) is 3.86. The molecule has 0 spiro atoms. The second-order valence-corrected chi connectivity index (χ2v) is 12.9. The van der Waals surface area contributed by atoms with E-state index in [0.717, 1.165) is 27.8 Å². The molecule has 248 valence electrons. The molecule has 1 aliphatic heterocycles. The lowest BCUT2D eigenvalue weighted by molar-refractivity contribution is 0.0689. The number of nitrogens with zero attached hydrogens (tertiary/aromatic N) is 4. The van der Waals surface area contributed by atoms with E-state index >= 15 is 0 Å². The van der Waals surface area contributed by atoms with Crippen molar-refractivity contribution in [2.75, 3.05) is 19.7 Å². The number of halogens is 2. The van der Waals surface area contributed by atoms with Gasteiger partial charge in [0, 0.05) is 31.6 Å². The summed E-state index contributed by atoms with van der Waals surface area (Å²) in [6.07, 6.45) is 1.81. The van der Waals surface area contributed by atoms with E-state index in [-0.39, 0.29) is 61.7 Å². The number of amides is 1. The fourth-order valence-corrected chi connectivity index (χ4v) is 7.26. The molecule has 5 aromatic rings. The van der Waals surface area contributed by atoms with Crippen LogP contribution in [0.25, 0.3) is 16.8 Å². The molecule has 7 rings (SSSR count). The highest BCUT2D eigenvalue weighted by molar-refractivity contribution is 5.97. The van der Waals surface area contributed by atoms with Crippen LogP contribution in [0.2, 0.25) is 0 Å². The lowest BCUT2D eigenvalue weighted by Gasteiger charge is -2.34. The number of piperidine rings is 1. The quantitative estimate of drug-likeness (QED) is 0.158. The van der Waals surface area contributed by atoms with Gasteiger partial charge >= 0.3 is 6.09 Å². The van der Waals surface area contributed by atoms with E-state index in [4.69, 9.17) is 9.47 Å². The van der Waals surface area contributed by atoms with Crippen molar-refractivity contribution >= 4 is 17.5 Å². The van der Waals surface area contributed by atoms with Crippen LogP contribution in [0.1, 0.15) is 57.2 Å². The first kappa shape index (κ1) is 32.0. The first-order valence-electron chi connectivity index (χ1n) is 16.3. The first-order chi connectivity index (χ1) is 23.7. The van der Waals surface area contributed by atoms with Crippen LogP contribution in [-0.2, 0) is 11.3 Å². The van der Waals surface area contributed by atoms with Crippen LogP contribution in [0, 0.1) is 48.6 Å². The summed E-state index contributed by atoms with van der Waals surface area (Å²) >= 11 is 0. The van der Waals surface area contributed by atoms with E-state index in [2.05, 4.69) is 35.3 Å². The Morgan fingerprint density at radius 2 is 1.63 bits per heavy atom. The number of hydrogen-bond acceptors (Lipinski definition) is 6. The maximum atomic E-state index is 14.3. The van der Waals surface area contributed by atoms with Crippen LogP contribution >= 0.6 is 0 Å². The second kappa shape index (κ2) is 13.2. The van der Waals surface area contributed by atoms with Gasteiger partial charge in [-0.1, -0.05) is 54.6 Å². The van der Waals surface area contributed by atoms with Gasteiger partial charge in [0.15, 0.2) is 17.2 Å². The van der Waals surface area contributed by atoms with Gasteiger partial charge in [-0.15, -0.1) is 0 Å². The highest BCUT2D eigenvalue weighted by atomic mass is 19.1. The average Bonchev–Trinajstić information content (AvgIpc) is 3.60. The van der Waals surface area contributed by atoms with Crippen molar-refractivity contribution in [2.45, 2.75) is 39.2 Å². The van der Waals surface area contributed by atoms with Gasteiger partial charge < -0.3 is 14.4 Å². The molecule has 2 aliphatic rings. The van der Waals surface area contributed by atoms with Gasteiger partial charge in [-0.2, -0.15) is 5.26 Å². The van der Waals surface area contributed by atoms with Gasteiger partial charge in [0.1, 0.15) is 30.5 Å². The normalized spacial score (nSPS) is 17.0. The number of ether oxygens (including phenoxy) is 2. The van der Waals surface area contributed by atoms with Gasteiger partial charge in [-0.3, -0.25) is 9.20 Å². The number of nitriles is 1. The van der Waals surface area contributed by atoms with Crippen molar-refractivity contribution in [2.24, 2.45) is 11.8 Å². The highest BCUT2D eigenvalue weighted by Crippen LogP contribution is 2.44. The molecule has 1 aliphatic carbocycles. The SMILES string of the molecule is Cc1cc(OCc2c(F)cccc2F)c2nc(C)c(C(=O)CC3CC(C#N)CN(C(=O)OCC4c5ccccc5-c5ccccc54)C3)n2c1. The minimum absolute atomic E-state index is 0.0878. The van der Waals surface area contributed by atoms with Gasteiger partial charge in [0.05, 0.1) is 23.2 Å². The first-order valence-corrected chi connectivity index (χ1v) is 16.3. The Morgan fingerprint density at radius 1 is 0.959 bits per heavy atom. The molecule has 0 N–H and O–H groups in total. The maximum Gasteiger partial charge on any atom is 0.409 e. The van der Waals surface area contributed by atoms with Crippen molar-refractivity contribution in [3.63, 3.8) is 0 Å². The molecule has 3 heterocycles. The van der Waals surface area contributed by atoms with Crippen molar-refractivity contribution in [1.29, 1.82) is 5.26 Å². The average molecular weight is 661 g/mol. The molecule has 8 nitrogen and oxygen atoms in total. The number of Topliss-reactive ketones (excluding diaryl/α,β-unsaturated/α-hetero) is 1. The number of aryl methyl sites for hydroxylation is 2. The molecule has 2 atom stereocenters. The number of carbonyl (C=O) groups excluding carboxylic acids is 2. The van der Waals surface area contributed by atoms with Gasteiger partial charge in [0.2, 0.25) is 0 Å². The Labute approximate surface area is 282 Å². The Bertz CT molecular complexity index is 2070. The molecule has 10 heteroatoms. The van der Waals surface area contributed by atoms with Crippen molar-refractivity contribution in [1.82, 2.24) is 14.3 Å². The smallest absolute Gasteiger partial charge is 0.409 e. The Kier molecular flexibility index (Phi) is 8.59. The molecule has 2 unspecified atom stereocenters. The molecular formula is C39H34F2N4O4. The molecule has 0 bridgehead atoms. The molecule has 1 amide bonds. The third-order valence-corrected chi connectivity index (χ3v) is 9.48. The van der Waals surface area contributed by atoms with E-state index in [1.807, 2.05) is 31.2 Å². The summed E-state index contributed by atoms with van der Waals surface area (Å²) in [6, 6.07) is 23.9. The fourth-order valence-electron chi connectivity index (χ4n) is 7.26. The standard InChI is InChI=1S/C39H34F2N4O4/c1-23-14-36(48-22-32-33(40)12-7-13-34(32)41)38-43-24(2)37(45(38)18-23)35(46)16-25-15-26(17-42)20-44(19-25)39(47)49-21-31-29-10-5-3-8-27(29)28-9-4-6-11-30(28)31/h3-14,18,25-26,31H,15-16,19-22H2,1-2H3. The van der Waals surface area contributed by atoms with E-state index < -0.39 is 23.6 Å². The molecule has 3 aromatic carbocycles. The number of imidazole rings is 1. The van der Waals surface area contributed by atoms with Crippen molar-refractivity contribution in [3.8, 4) is 22.9 Å². The summed E-state index contributed by atoms with van der Waals surface area (Å²) in [5.74, 6) is -2.15. The molecule has 1 saturated heterocycles. The predicted molar refractivity (Wildman–Crippen MR) is 178 cm³/mol. The Hall–Kier alpha value is -5.56. The van der Waals surface area contributed by atoms with Crippen LogP contribution in [0.3, 0.4) is 0 Å². The second-order valence-electron chi connectivity index (χ2n) is 12.9. The van der Waals surface area contributed by atoms with Crippen LogP contribution in [0.15, 0.2) is 79.0 Å². The summed E-state index contributed by atoms with van der Waals surface area (Å²) < 4.78 is 41.9. The summed E-state index contributed by atoms with van der Waals surface area (Å²) in [5.41, 5.74) is 6.22. The van der Waals surface area contributed by atoms with Crippen LogP contribution in [0.5, 0.6) is 5.75 Å². The number of hydrogen-bond donors (Lipinski definition) is 0. The van der Waals surface area contributed by atoms with E-state index in [1.54, 1.807) is 28.5 Å². The molecule has 0 radical (unpaired) electrons. The number of aromatic nitrogens is 2. The molecule has 1 fully saturated rings. The highest BCUT2D eigenvalue weighted by Gasteiger charge is 2.35. The zero-order chi connectivity index (χ0) is 34.2. The van der Waals surface area contributed by atoms with Crippen molar-refractivity contribution in [3.05, 3.63) is 124 Å². The molecule has 49 heavy (non-hydrogen) atoms. The van der Waals surface area contributed by atoms with Gasteiger partial charge in [-0.05, 0) is 72.2 Å². The van der Waals surface area contributed by atoms with Crippen LogP contribution in [-0.4, -0.2) is 45.9 Å². The minimum Gasteiger partial charge on any atom is -0.485 e. The third-order valence-electron chi connectivity index (χ3n) is 9.48. The number of likely N-dealkylation sites (tertiary alicyclic amines) is 1. The maximum absolute atomic E-state index is 14.3. The number of benzene rings is 3. The van der Waals surface area contributed by atoms with Crippen LogP contribution < -0.4 is 4.74 Å². The van der Waals surface area contributed by atoms with Crippen LogP contribution in [0.4, 0.5) is 13.6 Å². The Morgan fingerprint density at radius 3 is 2.31 bits per heavy atom.